The van der Waals surface area contributed by atoms with Crippen LogP contribution in [0.5, 0.6) is 5.75 Å². The molecule has 2 aromatic rings. The third kappa shape index (κ3) is 8.41. The molecule has 1 atom stereocenters. The Labute approximate surface area is 181 Å². The summed E-state index contributed by atoms with van der Waals surface area (Å²) in [4.78, 5) is 24.0. The molecule has 2 aromatic carbocycles. The molecule has 4 N–H and O–H groups in total. The molecule has 29 heavy (non-hydrogen) atoms. The molecule has 0 aliphatic carbocycles. The van der Waals surface area contributed by atoms with Crippen LogP contribution in [-0.2, 0) is 9.59 Å². The first-order valence-corrected chi connectivity index (χ1v) is 9.81. The number of anilines is 2. The zero-order valence-electron chi connectivity index (χ0n) is 16.2. The number of Topliss-reactive ketones (excluding diaryl/α,β-unsaturated/α-hetero) is 1. The number of carbonyl (C=O) groups excluding carboxylic acids is 2. The Morgan fingerprint density at radius 2 is 1.66 bits per heavy atom. The first-order chi connectivity index (χ1) is 13.9. The van der Waals surface area contributed by atoms with Crippen molar-refractivity contribution in [3.05, 3.63) is 54.1 Å². The highest BCUT2D eigenvalue weighted by atomic mass is 32.1. The minimum absolute atomic E-state index is 0.0919. The Bertz CT molecular complexity index is 842. The van der Waals surface area contributed by atoms with Gasteiger partial charge in [-0.2, -0.15) is 12.6 Å². The third-order valence-electron chi connectivity index (χ3n) is 3.83. The van der Waals surface area contributed by atoms with Gasteiger partial charge in [0.25, 0.3) is 0 Å². The fourth-order valence-electron chi connectivity index (χ4n) is 2.37. The molecule has 0 spiro atoms. The maximum Gasteiger partial charge on any atom is 0.245 e. The minimum Gasteiger partial charge on any atom is -0.497 e. The van der Waals surface area contributed by atoms with Gasteiger partial charge in [-0.1, -0.05) is 17.7 Å². The molecular weight excluding hydrogens is 408 g/mol. The van der Waals surface area contributed by atoms with Crippen molar-refractivity contribution in [2.24, 2.45) is 0 Å². The van der Waals surface area contributed by atoms with Crippen molar-refractivity contribution in [3.8, 4) is 5.75 Å². The van der Waals surface area contributed by atoms with Gasteiger partial charge in [0.2, 0.25) is 5.91 Å². The number of thiol groups is 1. The van der Waals surface area contributed by atoms with Crippen LogP contribution < -0.4 is 26.2 Å². The van der Waals surface area contributed by atoms with Crippen molar-refractivity contribution in [2.45, 2.75) is 25.1 Å². The van der Waals surface area contributed by atoms with E-state index in [0.29, 0.717) is 0 Å². The van der Waals surface area contributed by atoms with E-state index in [1.165, 1.54) is 0 Å². The number of thiocarbonyl (C=S) groups is 1. The summed E-state index contributed by atoms with van der Waals surface area (Å²) in [5, 5.41) is 5.83. The van der Waals surface area contributed by atoms with Gasteiger partial charge in [-0.15, -0.1) is 0 Å². The number of carbonyl (C=O) groups is 2. The number of ketones is 1. The molecule has 1 unspecified atom stereocenters. The van der Waals surface area contributed by atoms with E-state index in [1.807, 2.05) is 43.3 Å². The van der Waals surface area contributed by atoms with Crippen molar-refractivity contribution in [2.75, 3.05) is 17.7 Å². The molecule has 154 valence electrons. The highest BCUT2D eigenvalue weighted by Crippen LogP contribution is 2.17. The number of hydrogen-bond acceptors (Lipinski definition) is 6. The van der Waals surface area contributed by atoms with Gasteiger partial charge in [-0.3, -0.25) is 20.4 Å². The summed E-state index contributed by atoms with van der Waals surface area (Å²) in [5.74, 6) is 0.0112. The maximum absolute atomic E-state index is 12.1. The van der Waals surface area contributed by atoms with Gasteiger partial charge in [0, 0.05) is 17.8 Å². The third-order valence-corrected chi connectivity index (χ3v) is 4.34. The van der Waals surface area contributed by atoms with Crippen LogP contribution in [0.25, 0.3) is 0 Å². The summed E-state index contributed by atoms with van der Waals surface area (Å²) in [6.45, 7) is 1.99. The first-order valence-electron chi connectivity index (χ1n) is 8.88. The molecule has 0 aliphatic rings. The molecule has 7 nitrogen and oxygen atoms in total. The number of ether oxygens (including phenoxy) is 1. The Hall–Kier alpha value is -2.78. The first kappa shape index (κ1) is 22.5. The smallest absolute Gasteiger partial charge is 0.245 e. The molecule has 0 saturated heterocycles. The summed E-state index contributed by atoms with van der Waals surface area (Å²) in [7, 11) is 1.59. The van der Waals surface area contributed by atoms with Gasteiger partial charge < -0.3 is 15.4 Å². The van der Waals surface area contributed by atoms with Gasteiger partial charge in [-0.25, -0.2) is 0 Å². The predicted octanol–water partition coefficient (Wildman–Crippen LogP) is 3.04. The summed E-state index contributed by atoms with van der Waals surface area (Å²) >= 11 is 9.47. The lowest BCUT2D eigenvalue weighted by Gasteiger charge is -2.14. The molecular formula is C20H24N4O3S2. The van der Waals surface area contributed by atoms with E-state index < -0.39 is 11.3 Å². The Balaban J connectivity index is 1.68. The van der Waals surface area contributed by atoms with Crippen molar-refractivity contribution in [1.29, 1.82) is 0 Å². The van der Waals surface area contributed by atoms with Crippen molar-refractivity contribution in [1.82, 2.24) is 10.9 Å². The van der Waals surface area contributed by atoms with Crippen molar-refractivity contribution >= 4 is 53.0 Å². The van der Waals surface area contributed by atoms with E-state index in [-0.39, 0.29) is 23.7 Å². The van der Waals surface area contributed by atoms with Gasteiger partial charge >= 0.3 is 0 Å². The fraction of sp³-hybridized carbons (Fsp3) is 0.250. The normalized spacial score (nSPS) is 11.1. The molecule has 0 heterocycles. The lowest BCUT2D eigenvalue weighted by molar-refractivity contribution is -0.128. The van der Waals surface area contributed by atoms with Gasteiger partial charge in [-0.05, 0) is 55.5 Å². The molecule has 0 aliphatic heterocycles. The highest BCUT2D eigenvalue weighted by molar-refractivity contribution is 7.81. The van der Waals surface area contributed by atoms with Crippen LogP contribution in [0.4, 0.5) is 11.4 Å². The summed E-state index contributed by atoms with van der Waals surface area (Å²) < 4.78 is 5.10. The van der Waals surface area contributed by atoms with Crippen LogP contribution >= 0.6 is 24.8 Å². The molecule has 0 aromatic heterocycles. The quantitative estimate of drug-likeness (QED) is 0.144. The summed E-state index contributed by atoms with van der Waals surface area (Å²) in [6.07, 6.45) is -0.184. The largest absolute Gasteiger partial charge is 0.497 e. The molecule has 0 fully saturated rings. The SMILES string of the molecule is COc1ccc(NC(S)CC(=O)CC(=O)NNC(=S)Nc2ccc(C)cc2)cc1. The Kier molecular flexibility index (Phi) is 8.75. The predicted molar refractivity (Wildman–Crippen MR) is 122 cm³/mol. The van der Waals surface area contributed by atoms with E-state index in [2.05, 4.69) is 34.1 Å². The fourth-order valence-corrected chi connectivity index (χ4v) is 2.89. The lowest BCUT2D eigenvalue weighted by Crippen LogP contribution is -2.44. The Morgan fingerprint density at radius 1 is 1.03 bits per heavy atom. The standard InChI is InChI=1S/C20H24N4O3S2/c1-13-3-5-15(6-4-13)22-20(29)24-23-18(26)11-16(25)12-19(28)21-14-7-9-17(27-2)10-8-14/h3-10,19,21,28H,11-12H2,1-2H3,(H,23,26)(H2,22,24,29). The highest BCUT2D eigenvalue weighted by Gasteiger charge is 2.14. The van der Waals surface area contributed by atoms with Gasteiger partial charge in [0.05, 0.1) is 18.9 Å². The van der Waals surface area contributed by atoms with E-state index in [0.717, 1.165) is 22.7 Å². The van der Waals surface area contributed by atoms with Crippen LogP contribution in [-0.4, -0.2) is 29.3 Å². The molecule has 0 saturated carbocycles. The zero-order chi connectivity index (χ0) is 21.2. The number of rotatable bonds is 8. The van der Waals surface area contributed by atoms with Crippen LogP contribution in [0.3, 0.4) is 0 Å². The Morgan fingerprint density at radius 3 is 2.28 bits per heavy atom. The van der Waals surface area contributed by atoms with E-state index in [4.69, 9.17) is 17.0 Å². The summed E-state index contributed by atoms with van der Waals surface area (Å²) in [5.41, 5.74) is 7.71. The number of methoxy groups -OCH3 is 1. The number of aryl methyl sites for hydroxylation is 1. The topological polar surface area (TPSA) is 91.5 Å². The average Bonchev–Trinajstić information content (AvgIpc) is 2.68. The van der Waals surface area contributed by atoms with Crippen LogP contribution in [0, 0.1) is 6.92 Å². The number of nitrogens with one attached hydrogen (secondary N) is 4. The molecule has 9 heteroatoms. The minimum atomic E-state index is -0.479. The number of hydrogen-bond donors (Lipinski definition) is 5. The van der Waals surface area contributed by atoms with Crippen molar-refractivity contribution in [3.63, 3.8) is 0 Å². The maximum atomic E-state index is 12.1. The molecule has 0 radical (unpaired) electrons. The van der Waals surface area contributed by atoms with Crippen LogP contribution in [0.2, 0.25) is 0 Å². The zero-order valence-corrected chi connectivity index (χ0v) is 17.9. The summed E-state index contributed by atoms with van der Waals surface area (Å²) in [6, 6.07) is 14.9. The second kappa shape index (κ2) is 11.3. The molecule has 1 amide bonds. The number of benzene rings is 2. The van der Waals surface area contributed by atoms with Gasteiger partial charge in [0.1, 0.15) is 11.5 Å². The molecule has 0 bridgehead atoms. The second-order valence-electron chi connectivity index (χ2n) is 6.30. The van der Waals surface area contributed by atoms with Crippen LogP contribution in [0.15, 0.2) is 48.5 Å². The number of hydrazine groups is 1. The lowest BCUT2D eigenvalue weighted by atomic mass is 10.2. The van der Waals surface area contributed by atoms with Gasteiger partial charge in [0.15, 0.2) is 5.11 Å². The number of amides is 1. The van der Waals surface area contributed by atoms with E-state index in [9.17, 15) is 9.59 Å². The van der Waals surface area contributed by atoms with E-state index in [1.54, 1.807) is 19.2 Å². The monoisotopic (exact) mass is 432 g/mol. The van der Waals surface area contributed by atoms with Crippen LogP contribution in [0.1, 0.15) is 18.4 Å². The average molecular weight is 433 g/mol. The van der Waals surface area contributed by atoms with Crippen molar-refractivity contribution < 1.29 is 14.3 Å². The van der Waals surface area contributed by atoms with E-state index >= 15 is 0 Å². The molecule has 2 rings (SSSR count). The second-order valence-corrected chi connectivity index (χ2v) is 7.33.